The molecular formula is C5H11NO. The van der Waals surface area contributed by atoms with Gasteiger partial charge in [-0.3, -0.25) is 5.32 Å². The van der Waals surface area contributed by atoms with E-state index in [4.69, 9.17) is 4.74 Å². The van der Waals surface area contributed by atoms with E-state index >= 15 is 0 Å². The van der Waals surface area contributed by atoms with Gasteiger partial charge in [0.2, 0.25) is 0 Å². The average Bonchev–Trinajstić information content (AvgIpc) is 2.42. The maximum atomic E-state index is 4.78. The smallest absolute Gasteiger partial charge is 0.0963 e. The number of rotatable bonds is 3. The molecule has 0 unspecified atom stereocenters. The molecule has 1 aliphatic rings. The van der Waals surface area contributed by atoms with Crippen molar-refractivity contribution in [1.29, 1.82) is 0 Å². The Morgan fingerprint density at radius 2 is 2.43 bits per heavy atom. The van der Waals surface area contributed by atoms with Gasteiger partial charge in [-0.25, -0.2) is 0 Å². The van der Waals surface area contributed by atoms with Gasteiger partial charge in [-0.15, -0.1) is 0 Å². The van der Waals surface area contributed by atoms with Crippen molar-refractivity contribution in [3.63, 3.8) is 0 Å². The minimum absolute atomic E-state index is 0.713. The normalized spacial score (nSPS) is 20.1. The van der Waals surface area contributed by atoms with E-state index < -0.39 is 0 Å². The first kappa shape index (κ1) is 5.06. The molecule has 0 heterocycles. The Morgan fingerprint density at radius 3 is 2.86 bits per heavy atom. The Kier molecular flexibility index (Phi) is 1.65. The summed E-state index contributed by atoms with van der Waals surface area (Å²) < 4.78 is 4.78. The first-order valence-corrected chi connectivity index (χ1v) is 2.66. The number of ether oxygens (including phenoxy) is 1. The standard InChI is InChI=1S/C5H11NO/c1-7-4-6-5-2-3-5/h5-6H,2-4H2,1H3. The second kappa shape index (κ2) is 2.28. The van der Waals surface area contributed by atoms with Crippen LogP contribution in [0.25, 0.3) is 0 Å². The molecule has 1 N–H and O–H groups in total. The Hall–Kier alpha value is -0.0800. The summed E-state index contributed by atoms with van der Waals surface area (Å²) in [6, 6.07) is 0.778. The second-order valence-electron chi connectivity index (χ2n) is 1.91. The molecule has 42 valence electrons. The van der Waals surface area contributed by atoms with E-state index in [-0.39, 0.29) is 0 Å². The summed E-state index contributed by atoms with van der Waals surface area (Å²) in [4.78, 5) is 0. The molecule has 0 amide bonds. The van der Waals surface area contributed by atoms with Crippen LogP contribution in [0.5, 0.6) is 0 Å². The van der Waals surface area contributed by atoms with E-state index in [0.717, 1.165) is 6.04 Å². The average molecular weight is 101 g/mol. The van der Waals surface area contributed by atoms with Gasteiger partial charge in [0.1, 0.15) is 0 Å². The fourth-order valence-corrected chi connectivity index (χ4v) is 0.489. The van der Waals surface area contributed by atoms with Gasteiger partial charge in [-0.2, -0.15) is 0 Å². The zero-order valence-electron chi connectivity index (χ0n) is 4.61. The van der Waals surface area contributed by atoms with Gasteiger partial charge in [0.25, 0.3) is 0 Å². The monoisotopic (exact) mass is 101 g/mol. The highest BCUT2D eigenvalue weighted by molar-refractivity contribution is 4.79. The molecule has 0 radical (unpaired) electrons. The molecule has 1 rings (SSSR count). The van der Waals surface area contributed by atoms with Crippen LogP contribution in [0.15, 0.2) is 0 Å². The van der Waals surface area contributed by atoms with Crippen molar-refractivity contribution in [1.82, 2.24) is 5.32 Å². The van der Waals surface area contributed by atoms with Crippen LogP contribution in [0.2, 0.25) is 0 Å². The summed E-state index contributed by atoms with van der Waals surface area (Å²) in [5, 5.41) is 3.18. The number of methoxy groups -OCH3 is 1. The Balaban J connectivity index is 1.80. The lowest BCUT2D eigenvalue weighted by molar-refractivity contribution is 0.174. The van der Waals surface area contributed by atoms with E-state index in [0.29, 0.717) is 6.73 Å². The summed E-state index contributed by atoms with van der Waals surface area (Å²) in [6.45, 7) is 0.713. The van der Waals surface area contributed by atoms with Crippen LogP contribution in [0, 0.1) is 0 Å². The van der Waals surface area contributed by atoms with Crippen molar-refractivity contribution in [2.75, 3.05) is 13.8 Å². The lowest BCUT2D eigenvalue weighted by Crippen LogP contribution is -2.18. The topological polar surface area (TPSA) is 21.3 Å². The van der Waals surface area contributed by atoms with Crippen molar-refractivity contribution < 1.29 is 4.74 Å². The SMILES string of the molecule is COCNC1CC1. The van der Waals surface area contributed by atoms with Crippen molar-refractivity contribution in [3.05, 3.63) is 0 Å². The van der Waals surface area contributed by atoms with Crippen LogP contribution in [-0.2, 0) is 4.74 Å². The predicted octanol–water partition coefficient (Wildman–Crippen LogP) is 0.342. The van der Waals surface area contributed by atoms with Crippen molar-refractivity contribution in [2.45, 2.75) is 18.9 Å². The van der Waals surface area contributed by atoms with Crippen LogP contribution in [0.1, 0.15) is 12.8 Å². The second-order valence-corrected chi connectivity index (χ2v) is 1.91. The molecule has 0 spiro atoms. The molecule has 0 aromatic carbocycles. The molecule has 2 nitrogen and oxygen atoms in total. The maximum absolute atomic E-state index is 4.78. The number of nitrogens with one attached hydrogen (secondary N) is 1. The first-order chi connectivity index (χ1) is 3.43. The molecule has 7 heavy (non-hydrogen) atoms. The Morgan fingerprint density at radius 1 is 1.71 bits per heavy atom. The highest BCUT2D eigenvalue weighted by atomic mass is 16.5. The molecule has 0 bridgehead atoms. The van der Waals surface area contributed by atoms with Crippen molar-refractivity contribution in [3.8, 4) is 0 Å². The lowest BCUT2D eigenvalue weighted by Gasteiger charge is -1.96. The summed E-state index contributed by atoms with van der Waals surface area (Å²) in [7, 11) is 1.70. The number of hydrogen-bond acceptors (Lipinski definition) is 2. The van der Waals surface area contributed by atoms with Gasteiger partial charge in [-0.1, -0.05) is 0 Å². The molecule has 0 aromatic heterocycles. The molecule has 0 atom stereocenters. The van der Waals surface area contributed by atoms with Crippen molar-refractivity contribution in [2.24, 2.45) is 0 Å². The molecule has 0 aliphatic heterocycles. The summed E-state index contributed by atoms with van der Waals surface area (Å²) in [6.07, 6.45) is 2.67. The van der Waals surface area contributed by atoms with E-state index in [9.17, 15) is 0 Å². The zero-order chi connectivity index (χ0) is 5.11. The summed E-state index contributed by atoms with van der Waals surface area (Å²) in [5.41, 5.74) is 0. The molecule has 2 heteroatoms. The van der Waals surface area contributed by atoms with Crippen LogP contribution in [0.4, 0.5) is 0 Å². The third-order valence-electron chi connectivity index (χ3n) is 1.09. The third kappa shape index (κ3) is 1.90. The first-order valence-electron chi connectivity index (χ1n) is 2.66. The van der Waals surface area contributed by atoms with E-state index in [2.05, 4.69) is 5.32 Å². The van der Waals surface area contributed by atoms with Gasteiger partial charge in [0, 0.05) is 13.2 Å². The third-order valence-corrected chi connectivity index (χ3v) is 1.09. The highest BCUT2D eigenvalue weighted by Crippen LogP contribution is 2.17. The van der Waals surface area contributed by atoms with Gasteiger partial charge < -0.3 is 4.74 Å². The fraction of sp³-hybridized carbons (Fsp3) is 1.00. The van der Waals surface area contributed by atoms with Gasteiger partial charge in [0.15, 0.2) is 0 Å². The van der Waals surface area contributed by atoms with Gasteiger partial charge in [0.05, 0.1) is 6.73 Å². The van der Waals surface area contributed by atoms with Gasteiger partial charge >= 0.3 is 0 Å². The highest BCUT2D eigenvalue weighted by Gasteiger charge is 2.19. The molecular weight excluding hydrogens is 90.1 g/mol. The summed E-state index contributed by atoms with van der Waals surface area (Å²) in [5.74, 6) is 0. The molecule has 1 fully saturated rings. The maximum Gasteiger partial charge on any atom is 0.0963 e. The van der Waals surface area contributed by atoms with Crippen LogP contribution < -0.4 is 5.32 Å². The predicted molar refractivity (Wildman–Crippen MR) is 28.0 cm³/mol. The van der Waals surface area contributed by atoms with Crippen LogP contribution in [-0.4, -0.2) is 19.9 Å². The minimum Gasteiger partial charge on any atom is -0.370 e. The van der Waals surface area contributed by atoms with Gasteiger partial charge in [-0.05, 0) is 12.8 Å². The van der Waals surface area contributed by atoms with Crippen molar-refractivity contribution >= 4 is 0 Å². The lowest BCUT2D eigenvalue weighted by atomic mass is 10.7. The largest absolute Gasteiger partial charge is 0.370 e. The Bertz CT molecular complexity index is 52.0. The minimum atomic E-state index is 0.713. The van der Waals surface area contributed by atoms with E-state index in [1.807, 2.05) is 0 Å². The number of hydrogen-bond donors (Lipinski definition) is 1. The Labute approximate surface area is 43.9 Å². The summed E-state index contributed by atoms with van der Waals surface area (Å²) >= 11 is 0. The van der Waals surface area contributed by atoms with E-state index in [1.54, 1.807) is 7.11 Å². The molecule has 1 aliphatic carbocycles. The van der Waals surface area contributed by atoms with Crippen LogP contribution >= 0.6 is 0 Å². The molecule has 1 saturated carbocycles. The fourth-order valence-electron chi connectivity index (χ4n) is 0.489. The quantitative estimate of drug-likeness (QED) is 0.518. The zero-order valence-corrected chi connectivity index (χ0v) is 4.61. The van der Waals surface area contributed by atoms with E-state index in [1.165, 1.54) is 12.8 Å². The molecule has 0 saturated heterocycles. The molecule has 0 aromatic rings. The van der Waals surface area contributed by atoms with Crippen LogP contribution in [0.3, 0.4) is 0 Å².